The number of hydrogen-bond acceptors (Lipinski definition) is 1. The Morgan fingerprint density at radius 3 is 2.22 bits per heavy atom. The van der Waals surface area contributed by atoms with Gasteiger partial charge in [0, 0.05) is 28.3 Å². The number of anilines is 1. The van der Waals surface area contributed by atoms with Crippen molar-refractivity contribution in [1.29, 1.82) is 0 Å². The lowest BCUT2D eigenvalue weighted by Crippen LogP contribution is -2.02. The quantitative estimate of drug-likeness (QED) is 0.880. The summed E-state index contributed by atoms with van der Waals surface area (Å²) >= 11 is 3.15. The van der Waals surface area contributed by atoms with Gasteiger partial charge in [0.25, 0.3) is 0 Å². The van der Waals surface area contributed by atoms with Crippen molar-refractivity contribution in [3.8, 4) is 0 Å². The van der Waals surface area contributed by atoms with E-state index in [2.05, 4.69) is 21.2 Å². The molecule has 0 fully saturated rings. The van der Waals surface area contributed by atoms with Gasteiger partial charge < -0.3 is 5.32 Å². The third-order valence-electron chi connectivity index (χ3n) is 2.36. The van der Waals surface area contributed by atoms with E-state index < -0.39 is 11.6 Å². The van der Waals surface area contributed by atoms with E-state index in [1.807, 2.05) is 0 Å². The molecule has 0 atom stereocenters. The van der Waals surface area contributed by atoms with Gasteiger partial charge in [-0.25, -0.2) is 13.2 Å². The largest absolute Gasteiger partial charge is 0.381 e. The predicted octanol–water partition coefficient (Wildman–Crippen LogP) is 4.48. The molecule has 1 nitrogen and oxygen atoms in total. The Labute approximate surface area is 111 Å². The van der Waals surface area contributed by atoms with Crippen molar-refractivity contribution in [2.75, 3.05) is 5.32 Å². The highest BCUT2D eigenvalue weighted by Crippen LogP contribution is 2.18. The van der Waals surface area contributed by atoms with Crippen LogP contribution in [-0.2, 0) is 6.54 Å². The van der Waals surface area contributed by atoms with Crippen molar-refractivity contribution in [3.05, 3.63) is 63.9 Å². The Balaban J connectivity index is 2.11. The van der Waals surface area contributed by atoms with Gasteiger partial charge in [-0.3, -0.25) is 0 Å². The molecule has 0 unspecified atom stereocenters. The number of benzene rings is 2. The van der Waals surface area contributed by atoms with Crippen molar-refractivity contribution in [1.82, 2.24) is 0 Å². The number of hydrogen-bond donors (Lipinski definition) is 1. The minimum Gasteiger partial charge on any atom is -0.381 e. The highest BCUT2D eigenvalue weighted by molar-refractivity contribution is 9.10. The summed E-state index contributed by atoms with van der Waals surface area (Å²) in [6, 6.07) is 7.72. The molecule has 0 saturated carbocycles. The molecule has 5 heteroatoms. The molecule has 0 saturated heterocycles. The van der Waals surface area contributed by atoms with Crippen molar-refractivity contribution in [3.63, 3.8) is 0 Å². The molecule has 0 spiro atoms. The van der Waals surface area contributed by atoms with Gasteiger partial charge in [-0.15, -0.1) is 0 Å². The van der Waals surface area contributed by atoms with Gasteiger partial charge in [0.05, 0.1) is 0 Å². The van der Waals surface area contributed by atoms with Crippen LogP contribution in [0.5, 0.6) is 0 Å². The van der Waals surface area contributed by atoms with Gasteiger partial charge in [-0.1, -0.05) is 22.0 Å². The molecule has 0 aliphatic carbocycles. The Hall–Kier alpha value is -1.49. The normalized spacial score (nSPS) is 10.4. The first-order valence-electron chi connectivity index (χ1n) is 5.18. The predicted molar refractivity (Wildman–Crippen MR) is 67.8 cm³/mol. The van der Waals surface area contributed by atoms with Crippen LogP contribution >= 0.6 is 15.9 Å². The molecule has 1 N–H and O–H groups in total. The van der Waals surface area contributed by atoms with Crippen LogP contribution in [0.4, 0.5) is 18.9 Å². The smallest absolute Gasteiger partial charge is 0.129 e. The zero-order valence-corrected chi connectivity index (χ0v) is 10.8. The molecule has 0 heterocycles. The third-order valence-corrected chi connectivity index (χ3v) is 2.85. The molecule has 0 radical (unpaired) electrons. The summed E-state index contributed by atoms with van der Waals surface area (Å²) in [5, 5.41) is 2.77. The third kappa shape index (κ3) is 3.26. The van der Waals surface area contributed by atoms with E-state index >= 15 is 0 Å². The van der Waals surface area contributed by atoms with Crippen molar-refractivity contribution >= 4 is 21.6 Å². The highest BCUT2D eigenvalue weighted by atomic mass is 79.9. The van der Waals surface area contributed by atoms with Crippen LogP contribution in [0.3, 0.4) is 0 Å². The number of nitrogens with one attached hydrogen (secondary N) is 1. The molecule has 0 bridgehead atoms. The van der Waals surface area contributed by atoms with Crippen LogP contribution < -0.4 is 5.32 Å². The summed E-state index contributed by atoms with van der Waals surface area (Å²) in [6.45, 7) is 0.155. The van der Waals surface area contributed by atoms with E-state index in [1.54, 1.807) is 12.1 Å². The maximum absolute atomic E-state index is 13.5. The lowest BCUT2D eigenvalue weighted by Gasteiger charge is -2.08. The maximum atomic E-state index is 13.5. The lowest BCUT2D eigenvalue weighted by molar-refractivity contribution is 0.584. The second kappa shape index (κ2) is 5.44. The van der Waals surface area contributed by atoms with Gasteiger partial charge in [0.15, 0.2) is 0 Å². The Morgan fingerprint density at radius 1 is 0.944 bits per heavy atom. The van der Waals surface area contributed by atoms with E-state index in [-0.39, 0.29) is 18.0 Å². The van der Waals surface area contributed by atoms with Gasteiger partial charge in [-0.2, -0.15) is 0 Å². The summed E-state index contributed by atoms with van der Waals surface area (Å²) in [5.41, 5.74) is 0.692. The van der Waals surface area contributed by atoms with Crippen LogP contribution in [0, 0.1) is 17.5 Å². The zero-order chi connectivity index (χ0) is 13.1. The molecule has 2 aromatic carbocycles. The van der Waals surface area contributed by atoms with E-state index in [0.717, 1.165) is 18.2 Å². The van der Waals surface area contributed by atoms with E-state index in [0.29, 0.717) is 10.0 Å². The first-order chi connectivity index (χ1) is 8.54. The number of halogens is 4. The van der Waals surface area contributed by atoms with E-state index in [9.17, 15) is 13.2 Å². The SMILES string of the molecule is Fc1cc(F)cc(NCc2ccc(Br)cc2F)c1. The standard InChI is InChI=1S/C13H9BrF3N/c14-9-2-1-8(13(17)3-9)7-18-12-5-10(15)4-11(16)6-12/h1-6,18H,7H2. The fourth-order valence-electron chi connectivity index (χ4n) is 1.52. The zero-order valence-electron chi connectivity index (χ0n) is 9.18. The summed E-state index contributed by atoms with van der Waals surface area (Å²) in [4.78, 5) is 0. The minimum absolute atomic E-state index is 0.155. The molecular weight excluding hydrogens is 307 g/mol. The molecule has 2 rings (SSSR count). The first kappa shape index (κ1) is 13.0. The molecule has 2 aromatic rings. The van der Waals surface area contributed by atoms with Crippen molar-refractivity contribution in [2.45, 2.75) is 6.54 Å². The Bertz CT molecular complexity index is 552. The summed E-state index contributed by atoms with van der Waals surface area (Å²) < 4.78 is 40.0. The van der Waals surface area contributed by atoms with Crippen LogP contribution in [0.2, 0.25) is 0 Å². The molecule has 0 aliphatic rings. The average molecular weight is 316 g/mol. The minimum atomic E-state index is -0.672. The van der Waals surface area contributed by atoms with Crippen LogP contribution in [0.1, 0.15) is 5.56 Å². The monoisotopic (exact) mass is 315 g/mol. The first-order valence-corrected chi connectivity index (χ1v) is 5.98. The number of rotatable bonds is 3. The highest BCUT2D eigenvalue weighted by Gasteiger charge is 2.04. The molecule has 18 heavy (non-hydrogen) atoms. The van der Waals surface area contributed by atoms with Gasteiger partial charge in [0.2, 0.25) is 0 Å². The second-order valence-electron chi connectivity index (χ2n) is 3.75. The molecule has 0 amide bonds. The molecule has 0 aliphatic heterocycles. The lowest BCUT2D eigenvalue weighted by atomic mass is 10.2. The van der Waals surface area contributed by atoms with Crippen molar-refractivity contribution < 1.29 is 13.2 Å². The Morgan fingerprint density at radius 2 is 1.61 bits per heavy atom. The van der Waals surface area contributed by atoms with E-state index in [1.165, 1.54) is 6.07 Å². The van der Waals surface area contributed by atoms with Crippen LogP contribution in [0.25, 0.3) is 0 Å². The second-order valence-corrected chi connectivity index (χ2v) is 4.66. The van der Waals surface area contributed by atoms with Crippen molar-refractivity contribution in [2.24, 2.45) is 0 Å². The van der Waals surface area contributed by atoms with Crippen LogP contribution in [-0.4, -0.2) is 0 Å². The van der Waals surface area contributed by atoms with Gasteiger partial charge >= 0.3 is 0 Å². The fourth-order valence-corrected chi connectivity index (χ4v) is 1.85. The van der Waals surface area contributed by atoms with Gasteiger partial charge in [0.1, 0.15) is 17.5 Å². The molecule has 0 aromatic heterocycles. The van der Waals surface area contributed by atoms with Crippen LogP contribution in [0.15, 0.2) is 40.9 Å². The molecular formula is C13H9BrF3N. The molecule has 94 valence electrons. The average Bonchev–Trinajstić information content (AvgIpc) is 2.26. The summed E-state index contributed by atoms with van der Waals surface area (Å²) in [7, 11) is 0. The van der Waals surface area contributed by atoms with Gasteiger partial charge in [-0.05, 0) is 24.3 Å². The van der Waals surface area contributed by atoms with E-state index in [4.69, 9.17) is 0 Å². The fraction of sp³-hybridized carbons (Fsp3) is 0.0769. The maximum Gasteiger partial charge on any atom is 0.129 e. The summed E-state index contributed by atoms with van der Waals surface area (Å²) in [6.07, 6.45) is 0. The summed E-state index contributed by atoms with van der Waals surface area (Å²) in [5.74, 6) is -1.73. The topological polar surface area (TPSA) is 12.0 Å². The Kier molecular flexibility index (Phi) is 3.91.